The van der Waals surface area contributed by atoms with Gasteiger partial charge in [0.15, 0.2) is 12.1 Å². The van der Waals surface area contributed by atoms with Gasteiger partial charge < -0.3 is 28.5 Å². The summed E-state index contributed by atoms with van der Waals surface area (Å²) in [4.78, 5) is 65.3. The SMILES string of the molecule is COC(=O)[C@H]([C@H]1O[C@@H](OC(C)=O)[C@H](OC(C)=O)[C@@H]1OC(C)=O)N(Cc1ccccc1)OC(C)=O. The fourth-order valence-corrected chi connectivity index (χ4v) is 3.46. The van der Waals surface area contributed by atoms with Gasteiger partial charge in [-0.15, -0.1) is 5.06 Å². The Hall–Kier alpha value is -3.51. The van der Waals surface area contributed by atoms with Crippen molar-refractivity contribution in [2.24, 2.45) is 0 Å². The number of carbonyl (C=O) groups is 5. The van der Waals surface area contributed by atoms with Gasteiger partial charge in [-0.3, -0.25) is 24.0 Å². The highest BCUT2D eigenvalue weighted by Crippen LogP contribution is 2.33. The molecule has 12 heteroatoms. The lowest BCUT2D eigenvalue weighted by Crippen LogP contribution is -2.55. The molecule has 1 fully saturated rings. The molecule has 12 nitrogen and oxygen atoms in total. The molecule has 1 aromatic carbocycles. The minimum absolute atomic E-state index is 0.0801. The predicted molar refractivity (Wildman–Crippen MR) is 111 cm³/mol. The number of nitrogens with zero attached hydrogens (tertiary/aromatic N) is 1. The molecule has 1 aliphatic heterocycles. The van der Waals surface area contributed by atoms with Crippen LogP contribution in [0.4, 0.5) is 0 Å². The summed E-state index contributed by atoms with van der Waals surface area (Å²) in [5.41, 5.74) is 0.660. The van der Waals surface area contributed by atoms with Gasteiger partial charge in [0, 0.05) is 27.7 Å². The number of hydrogen-bond acceptors (Lipinski definition) is 12. The molecule has 5 atom stereocenters. The Labute approximate surface area is 195 Å². The van der Waals surface area contributed by atoms with Crippen LogP contribution in [0.3, 0.4) is 0 Å². The van der Waals surface area contributed by atoms with E-state index in [4.69, 9.17) is 28.5 Å². The number of esters is 4. The molecule has 34 heavy (non-hydrogen) atoms. The van der Waals surface area contributed by atoms with E-state index < -0.39 is 60.5 Å². The van der Waals surface area contributed by atoms with Gasteiger partial charge in [-0.1, -0.05) is 30.3 Å². The molecule has 0 radical (unpaired) electrons. The van der Waals surface area contributed by atoms with Gasteiger partial charge in [-0.25, -0.2) is 0 Å². The van der Waals surface area contributed by atoms with Crippen LogP contribution in [0.25, 0.3) is 0 Å². The second kappa shape index (κ2) is 12.1. The molecule has 1 saturated heterocycles. The van der Waals surface area contributed by atoms with E-state index in [9.17, 15) is 24.0 Å². The molecular formula is C22H27NO11. The van der Waals surface area contributed by atoms with Crippen molar-refractivity contribution in [3.05, 3.63) is 35.9 Å². The van der Waals surface area contributed by atoms with Crippen molar-refractivity contribution in [1.82, 2.24) is 5.06 Å². The summed E-state index contributed by atoms with van der Waals surface area (Å²) in [6, 6.07) is 7.23. The molecule has 0 bridgehead atoms. The summed E-state index contributed by atoms with van der Waals surface area (Å²) in [5, 5.41) is 1.01. The van der Waals surface area contributed by atoms with Gasteiger partial charge >= 0.3 is 29.8 Å². The maximum absolute atomic E-state index is 12.9. The summed E-state index contributed by atoms with van der Waals surface area (Å²) in [6.45, 7) is 4.35. The second-order valence-electron chi connectivity index (χ2n) is 7.34. The molecule has 1 aromatic rings. The maximum atomic E-state index is 12.9. The van der Waals surface area contributed by atoms with Crippen molar-refractivity contribution in [2.75, 3.05) is 7.11 Å². The molecule has 1 heterocycles. The minimum atomic E-state index is -1.51. The molecule has 0 aliphatic carbocycles. The molecular weight excluding hydrogens is 454 g/mol. The van der Waals surface area contributed by atoms with Crippen LogP contribution in [0.5, 0.6) is 0 Å². The first kappa shape index (κ1) is 26.7. The molecule has 0 N–H and O–H groups in total. The number of carbonyl (C=O) groups excluding carboxylic acids is 5. The number of ether oxygens (including phenoxy) is 5. The number of benzene rings is 1. The second-order valence-corrected chi connectivity index (χ2v) is 7.34. The number of methoxy groups -OCH3 is 1. The normalized spacial score (nSPS) is 22.4. The highest BCUT2D eigenvalue weighted by molar-refractivity contribution is 5.77. The highest BCUT2D eigenvalue weighted by Gasteiger charge is 2.57. The van der Waals surface area contributed by atoms with E-state index >= 15 is 0 Å². The van der Waals surface area contributed by atoms with Crippen LogP contribution in [-0.2, 0) is 59.0 Å². The third-order valence-electron chi connectivity index (χ3n) is 4.58. The van der Waals surface area contributed by atoms with Crippen molar-refractivity contribution < 1.29 is 52.5 Å². The maximum Gasteiger partial charge on any atom is 0.329 e. The van der Waals surface area contributed by atoms with Gasteiger partial charge in [0.1, 0.15) is 6.10 Å². The van der Waals surface area contributed by atoms with Gasteiger partial charge in [0.25, 0.3) is 0 Å². The fraction of sp³-hybridized carbons (Fsp3) is 0.500. The van der Waals surface area contributed by atoms with E-state index in [0.717, 1.165) is 39.9 Å². The quantitative estimate of drug-likeness (QED) is 0.277. The van der Waals surface area contributed by atoms with E-state index in [2.05, 4.69) is 0 Å². The number of hydroxylamine groups is 2. The molecule has 0 saturated carbocycles. The summed E-state index contributed by atoms with van der Waals surface area (Å²) < 4.78 is 26.3. The topological polar surface area (TPSA) is 144 Å². The third kappa shape index (κ3) is 7.25. The van der Waals surface area contributed by atoms with Crippen molar-refractivity contribution in [3.8, 4) is 0 Å². The summed E-state index contributed by atoms with van der Waals surface area (Å²) >= 11 is 0. The molecule has 186 valence electrons. The molecule has 1 aliphatic rings. The highest BCUT2D eigenvalue weighted by atomic mass is 16.8. The lowest BCUT2D eigenvalue weighted by molar-refractivity contribution is -0.233. The molecule has 0 aromatic heterocycles. The van der Waals surface area contributed by atoms with Crippen LogP contribution < -0.4 is 0 Å². The average molecular weight is 481 g/mol. The predicted octanol–water partition coefficient (Wildman–Crippen LogP) is 0.660. The molecule has 0 unspecified atom stereocenters. The van der Waals surface area contributed by atoms with Gasteiger partial charge in [0.05, 0.1) is 13.7 Å². The van der Waals surface area contributed by atoms with Gasteiger partial charge in [-0.2, -0.15) is 0 Å². The largest absolute Gasteiger partial charge is 0.468 e. The van der Waals surface area contributed by atoms with Crippen molar-refractivity contribution in [1.29, 1.82) is 0 Å². The Bertz CT molecular complexity index is 903. The van der Waals surface area contributed by atoms with E-state index in [1.54, 1.807) is 30.3 Å². The van der Waals surface area contributed by atoms with Crippen LogP contribution in [0.15, 0.2) is 30.3 Å². The van der Waals surface area contributed by atoms with Crippen LogP contribution in [0, 0.1) is 0 Å². The first-order valence-electron chi connectivity index (χ1n) is 10.3. The van der Waals surface area contributed by atoms with E-state index in [1.807, 2.05) is 0 Å². The smallest absolute Gasteiger partial charge is 0.329 e. The van der Waals surface area contributed by atoms with Crippen molar-refractivity contribution in [2.45, 2.75) is 64.9 Å². The molecule has 2 rings (SSSR count). The monoisotopic (exact) mass is 481 g/mol. The standard InChI is InChI=1S/C22H27NO11/c1-12(24)30-19-18(33-22(32-14(3)26)20(19)31-13(2)25)17(21(28)29-5)23(34-15(4)27)11-16-9-7-6-8-10-16/h6-10,17-20,22H,11H2,1-5H3/t17-,18+,19+,20+,22+/m0/s1. The lowest BCUT2D eigenvalue weighted by Gasteiger charge is -2.33. The van der Waals surface area contributed by atoms with Crippen LogP contribution >= 0.6 is 0 Å². The first-order chi connectivity index (χ1) is 16.0. The van der Waals surface area contributed by atoms with Gasteiger partial charge in [-0.05, 0) is 5.56 Å². The zero-order valence-corrected chi connectivity index (χ0v) is 19.4. The minimum Gasteiger partial charge on any atom is -0.468 e. The van der Waals surface area contributed by atoms with Crippen molar-refractivity contribution in [3.63, 3.8) is 0 Å². The number of rotatable bonds is 9. The van der Waals surface area contributed by atoms with Crippen LogP contribution in [0.2, 0.25) is 0 Å². The third-order valence-corrected chi connectivity index (χ3v) is 4.58. The molecule has 0 spiro atoms. The Morgan fingerprint density at radius 2 is 1.41 bits per heavy atom. The summed E-state index contributed by atoms with van der Waals surface area (Å²) in [6.07, 6.45) is -5.76. The zero-order chi connectivity index (χ0) is 25.4. The Morgan fingerprint density at radius 3 is 1.91 bits per heavy atom. The summed E-state index contributed by atoms with van der Waals surface area (Å²) in [7, 11) is 1.10. The van der Waals surface area contributed by atoms with E-state index in [1.165, 1.54) is 0 Å². The van der Waals surface area contributed by atoms with Crippen LogP contribution in [0.1, 0.15) is 33.3 Å². The summed E-state index contributed by atoms with van der Waals surface area (Å²) in [5.74, 6) is -4.01. The first-order valence-corrected chi connectivity index (χ1v) is 10.3. The average Bonchev–Trinajstić information content (AvgIpc) is 3.03. The molecule has 0 amide bonds. The number of hydrogen-bond donors (Lipinski definition) is 0. The fourth-order valence-electron chi connectivity index (χ4n) is 3.46. The zero-order valence-electron chi connectivity index (χ0n) is 19.4. The Morgan fingerprint density at radius 1 is 0.853 bits per heavy atom. The lowest BCUT2D eigenvalue weighted by atomic mass is 10.0. The van der Waals surface area contributed by atoms with E-state index in [-0.39, 0.29) is 6.54 Å². The Balaban J connectivity index is 2.54. The van der Waals surface area contributed by atoms with Crippen molar-refractivity contribution >= 4 is 29.8 Å². The Kier molecular flexibility index (Phi) is 9.51. The van der Waals surface area contributed by atoms with Gasteiger partial charge in [0.2, 0.25) is 12.4 Å². The van der Waals surface area contributed by atoms with Crippen LogP contribution in [-0.4, -0.2) is 72.7 Å². The van der Waals surface area contributed by atoms with E-state index in [0.29, 0.717) is 5.56 Å².